The van der Waals surface area contributed by atoms with Crippen LogP contribution in [0, 0.1) is 10.1 Å². The van der Waals surface area contributed by atoms with Crippen LogP contribution in [0.5, 0.6) is 0 Å². The minimum absolute atomic E-state index is 0.00347. The van der Waals surface area contributed by atoms with Gasteiger partial charge in [0.05, 0.1) is 4.92 Å². The number of nitrogens with zero attached hydrogens (tertiary/aromatic N) is 4. The molecule has 0 saturated carbocycles. The first-order chi connectivity index (χ1) is 8.70. The summed E-state index contributed by atoms with van der Waals surface area (Å²) in [6.07, 6.45) is 5.94. The Morgan fingerprint density at radius 1 is 1.44 bits per heavy atom. The van der Waals surface area contributed by atoms with Gasteiger partial charge in [0.15, 0.2) is 5.16 Å². The Labute approximate surface area is 108 Å². The minimum atomic E-state index is -0.459. The number of rotatable bonds is 5. The van der Waals surface area contributed by atoms with Gasteiger partial charge < -0.3 is 4.57 Å². The molecular formula is C11H12N4O2S. The van der Waals surface area contributed by atoms with E-state index in [2.05, 4.69) is 16.9 Å². The third-order valence-corrected chi connectivity index (χ3v) is 3.24. The van der Waals surface area contributed by atoms with E-state index >= 15 is 0 Å². The van der Waals surface area contributed by atoms with Gasteiger partial charge in [-0.3, -0.25) is 10.1 Å². The zero-order valence-electron chi connectivity index (χ0n) is 9.81. The molecule has 0 amide bonds. The van der Waals surface area contributed by atoms with E-state index in [0.29, 0.717) is 5.03 Å². The summed E-state index contributed by atoms with van der Waals surface area (Å²) in [6.45, 7) is 2.99. The lowest BCUT2D eigenvalue weighted by atomic mass is 10.4. The van der Waals surface area contributed by atoms with Gasteiger partial charge in [0.25, 0.3) is 5.69 Å². The smallest absolute Gasteiger partial charge is 0.287 e. The van der Waals surface area contributed by atoms with Crippen LogP contribution >= 0.6 is 11.8 Å². The van der Waals surface area contributed by atoms with Crippen molar-refractivity contribution in [2.45, 2.75) is 30.1 Å². The fourth-order valence-corrected chi connectivity index (χ4v) is 2.26. The molecule has 0 aromatic carbocycles. The van der Waals surface area contributed by atoms with Crippen LogP contribution in [0.4, 0.5) is 5.69 Å². The molecule has 0 spiro atoms. The third-order valence-electron chi connectivity index (χ3n) is 2.27. The number of hydrogen-bond donors (Lipinski definition) is 0. The van der Waals surface area contributed by atoms with Crippen LogP contribution in [0.2, 0.25) is 0 Å². The van der Waals surface area contributed by atoms with E-state index in [0.717, 1.165) is 18.1 Å². The van der Waals surface area contributed by atoms with E-state index in [4.69, 9.17) is 0 Å². The van der Waals surface area contributed by atoms with Crippen molar-refractivity contribution < 1.29 is 4.92 Å². The lowest BCUT2D eigenvalue weighted by Gasteiger charge is -2.04. The van der Waals surface area contributed by atoms with Crippen LogP contribution in [0.3, 0.4) is 0 Å². The molecule has 6 nitrogen and oxygen atoms in total. The molecule has 2 aromatic rings. The number of imidazole rings is 1. The Morgan fingerprint density at radius 3 is 2.89 bits per heavy atom. The van der Waals surface area contributed by atoms with Gasteiger partial charge in [0, 0.05) is 25.0 Å². The molecule has 0 fully saturated rings. The van der Waals surface area contributed by atoms with Gasteiger partial charge >= 0.3 is 0 Å². The average Bonchev–Trinajstić information content (AvgIpc) is 2.78. The van der Waals surface area contributed by atoms with E-state index in [1.54, 1.807) is 12.3 Å². The summed E-state index contributed by atoms with van der Waals surface area (Å²) < 4.78 is 2.04. The highest BCUT2D eigenvalue weighted by atomic mass is 32.2. The van der Waals surface area contributed by atoms with Crippen molar-refractivity contribution in [1.82, 2.24) is 14.5 Å². The SMILES string of the molecule is CCCn1ccnc1Sc1ccc([N+](=O)[O-])cn1. The lowest BCUT2D eigenvalue weighted by molar-refractivity contribution is -0.385. The summed E-state index contributed by atoms with van der Waals surface area (Å²) in [6, 6.07) is 3.08. The van der Waals surface area contributed by atoms with Crippen molar-refractivity contribution in [3.8, 4) is 0 Å². The minimum Gasteiger partial charge on any atom is -0.326 e. The molecule has 0 aliphatic heterocycles. The van der Waals surface area contributed by atoms with Gasteiger partial charge in [0.2, 0.25) is 0 Å². The van der Waals surface area contributed by atoms with Gasteiger partial charge in [0.1, 0.15) is 11.2 Å². The Hall–Kier alpha value is -1.89. The van der Waals surface area contributed by atoms with Crippen molar-refractivity contribution in [3.05, 3.63) is 40.8 Å². The molecule has 0 bridgehead atoms. The second-order valence-corrected chi connectivity index (χ2v) is 4.60. The maximum atomic E-state index is 10.5. The molecule has 18 heavy (non-hydrogen) atoms. The van der Waals surface area contributed by atoms with E-state index in [1.165, 1.54) is 24.0 Å². The number of pyridine rings is 1. The number of nitro groups is 1. The topological polar surface area (TPSA) is 73.8 Å². The van der Waals surface area contributed by atoms with Crippen LogP contribution in [0.25, 0.3) is 0 Å². The number of aromatic nitrogens is 3. The zero-order valence-corrected chi connectivity index (χ0v) is 10.6. The largest absolute Gasteiger partial charge is 0.326 e. The molecule has 2 heterocycles. The zero-order chi connectivity index (χ0) is 13.0. The van der Waals surface area contributed by atoms with E-state index < -0.39 is 4.92 Å². The predicted molar refractivity (Wildman–Crippen MR) is 67.5 cm³/mol. The summed E-state index contributed by atoms with van der Waals surface area (Å²) >= 11 is 1.40. The highest BCUT2D eigenvalue weighted by Gasteiger charge is 2.08. The van der Waals surface area contributed by atoms with Gasteiger partial charge in [-0.1, -0.05) is 6.92 Å². The first-order valence-corrected chi connectivity index (χ1v) is 6.31. The highest BCUT2D eigenvalue weighted by molar-refractivity contribution is 7.99. The number of aryl methyl sites for hydroxylation is 1. The molecule has 0 atom stereocenters. The molecule has 2 aromatic heterocycles. The molecule has 94 valence electrons. The van der Waals surface area contributed by atoms with E-state index in [-0.39, 0.29) is 5.69 Å². The highest BCUT2D eigenvalue weighted by Crippen LogP contribution is 2.25. The average molecular weight is 264 g/mol. The maximum absolute atomic E-state index is 10.5. The van der Waals surface area contributed by atoms with Crippen molar-refractivity contribution in [2.75, 3.05) is 0 Å². The second-order valence-electron chi connectivity index (χ2n) is 3.62. The summed E-state index contributed by atoms with van der Waals surface area (Å²) in [7, 11) is 0. The van der Waals surface area contributed by atoms with Crippen molar-refractivity contribution in [2.24, 2.45) is 0 Å². The summed E-state index contributed by atoms with van der Waals surface area (Å²) in [5, 5.41) is 12.1. The summed E-state index contributed by atoms with van der Waals surface area (Å²) in [4.78, 5) is 18.3. The summed E-state index contributed by atoms with van der Waals surface area (Å²) in [5.41, 5.74) is -0.00347. The Bertz CT molecular complexity index is 538. The van der Waals surface area contributed by atoms with Crippen LogP contribution in [0.1, 0.15) is 13.3 Å². The summed E-state index contributed by atoms with van der Waals surface area (Å²) in [5.74, 6) is 0. The van der Waals surface area contributed by atoms with E-state index in [1.807, 2.05) is 10.8 Å². The molecule has 7 heteroatoms. The lowest BCUT2D eigenvalue weighted by Crippen LogP contribution is -1.97. The van der Waals surface area contributed by atoms with Gasteiger partial charge in [-0.15, -0.1) is 0 Å². The van der Waals surface area contributed by atoms with Crippen LogP contribution in [-0.4, -0.2) is 19.5 Å². The van der Waals surface area contributed by atoms with E-state index in [9.17, 15) is 10.1 Å². The normalized spacial score (nSPS) is 10.5. The first kappa shape index (κ1) is 12.6. The second kappa shape index (κ2) is 5.63. The Morgan fingerprint density at radius 2 is 2.28 bits per heavy atom. The molecular weight excluding hydrogens is 252 g/mol. The Kier molecular flexibility index (Phi) is 3.93. The van der Waals surface area contributed by atoms with Gasteiger partial charge in [-0.05, 0) is 24.2 Å². The van der Waals surface area contributed by atoms with Crippen LogP contribution < -0.4 is 0 Å². The van der Waals surface area contributed by atoms with Crippen molar-refractivity contribution >= 4 is 17.4 Å². The van der Waals surface area contributed by atoms with Crippen LogP contribution in [0.15, 0.2) is 40.9 Å². The monoisotopic (exact) mass is 264 g/mol. The fourth-order valence-electron chi connectivity index (χ4n) is 1.45. The number of hydrogen-bond acceptors (Lipinski definition) is 5. The quantitative estimate of drug-likeness (QED) is 0.613. The fraction of sp³-hybridized carbons (Fsp3) is 0.273. The molecule has 0 unspecified atom stereocenters. The predicted octanol–water partition coefficient (Wildman–Crippen LogP) is 2.75. The standard InChI is InChI=1S/C11H12N4O2S/c1-2-6-14-7-5-12-11(14)18-10-4-3-9(8-13-10)15(16)17/h3-5,7-8H,2,6H2,1H3. The molecule has 0 saturated heterocycles. The molecule has 0 radical (unpaired) electrons. The van der Waals surface area contributed by atoms with Gasteiger partial charge in [-0.2, -0.15) is 0 Å². The van der Waals surface area contributed by atoms with Crippen molar-refractivity contribution in [3.63, 3.8) is 0 Å². The van der Waals surface area contributed by atoms with Crippen molar-refractivity contribution in [1.29, 1.82) is 0 Å². The molecule has 0 aliphatic carbocycles. The van der Waals surface area contributed by atoms with Gasteiger partial charge in [-0.25, -0.2) is 9.97 Å². The molecule has 0 aliphatic rings. The Balaban J connectivity index is 2.13. The first-order valence-electron chi connectivity index (χ1n) is 5.50. The maximum Gasteiger partial charge on any atom is 0.287 e. The third kappa shape index (κ3) is 2.86. The molecule has 0 N–H and O–H groups in total. The molecule has 2 rings (SSSR count). The van der Waals surface area contributed by atoms with Crippen LogP contribution in [-0.2, 0) is 6.54 Å².